The number of hydrogen-bond donors (Lipinski definition) is 0. The van der Waals surface area contributed by atoms with E-state index in [1.54, 1.807) is 24.3 Å². The number of ether oxygens (including phenoxy) is 1. The van der Waals surface area contributed by atoms with E-state index in [4.69, 9.17) is 9.15 Å². The highest BCUT2D eigenvalue weighted by Gasteiger charge is 2.24. The molecule has 0 aliphatic carbocycles. The molecule has 0 radical (unpaired) electrons. The molecule has 0 unspecified atom stereocenters. The molecule has 0 fully saturated rings. The Kier molecular flexibility index (Phi) is 7.52. The summed E-state index contributed by atoms with van der Waals surface area (Å²) in [5, 5.41) is 0. The van der Waals surface area contributed by atoms with Crippen molar-refractivity contribution in [3.05, 3.63) is 59.8 Å². The highest BCUT2D eigenvalue weighted by molar-refractivity contribution is 7.88. The molecule has 0 saturated heterocycles. The van der Waals surface area contributed by atoms with Crippen LogP contribution in [0.15, 0.2) is 47.1 Å². The molecule has 0 aliphatic rings. The van der Waals surface area contributed by atoms with Gasteiger partial charge in [0, 0.05) is 20.2 Å². The Morgan fingerprint density at radius 1 is 1.19 bits per heavy atom. The Balaban J connectivity index is 2.17. The first kappa shape index (κ1) is 21.1. The lowest BCUT2D eigenvalue weighted by molar-refractivity contribution is -0.133. The van der Waals surface area contributed by atoms with Gasteiger partial charge >= 0.3 is 0 Å². The quantitative estimate of drug-likeness (QED) is 0.610. The van der Waals surface area contributed by atoms with Crippen LogP contribution >= 0.6 is 0 Å². The van der Waals surface area contributed by atoms with Crippen molar-refractivity contribution in [2.45, 2.75) is 13.1 Å². The minimum atomic E-state index is -3.57. The topological polar surface area (TPSA) is 80.1 Å². The van der Waals surface area contributed by atoms with E-state index in [1.807, 2.05) is 0 Å². The van der Waals surface area contributed by atoms with Gasteiger partial charge in [-0.3, -0.25) is 4.79 Å². The first-order valence-corrected chi connectivity index (χ1v) is 10.1. The molecule has 1 amide bonds. The van der Waals surface area contributed by atoms with Crippen LogP contribution in [0.2, 0.25) is 0 Å². The molecule has 1 aromatic heterocycles. The van der Waals surface area contributed by atoms with Crippen LogP contribution in [0.4, 0.5) is 4.39 Å². The average Bonchev–Trinajstić information content (AvgIpc) is 3.11. The second-order valence-corrected chi connectivity index (χ2v) is 8.03. The minimum absolute atomic E-state index is 0.0756. The molecule has 1 heterocycles. The number of furan rings is 1. The monoisotopic (exact) mass is 398 g/mol. The van der Waals surface area contributed by atoms with Gasteiger partial charge in [-0.2, -0.15) is 4.31 Å². The zero-order valence-electron chi connectivity index (χ0n) is 15.3. The van der Waals surface area contributed by atoms with Crippen LogP contribution in [0.3, 0.4) is 0 Å². The molecular formula is C18H23FN2O5S. The van der Waals surface area contributed by atoms with Crippen LogP contribution in [-0.2, 0) is 32.6 Å². The number of carbonyl (C=O) groups excluding carboxylic acids is 1. The number of nitrogens with zero attached hydrogens (tertiary/aromatic N) is 2. The highest BCUT2D eigenvalue weighted by atomic mass is 32.2. The van der Waals surface area contributed by atoms with Gasteiger partial charge in [-0.05, 0) is 29.8 Å². The molecule has 27 heavy (non-hydrogen) atoms. The van der Waals surface area contributed by atoms with Crippen LogP contribution < -0.4 is 0 Å². The maximum absolute atomic E-state index is 13.1. The molecular weight excluding hydrogens is 375 g/mol. The van der Waals surface area contributed by atoms with Crippen LogP contribution in [0.1, 0.15) is 11.3 Å². The van der Waals surface area contributed by atoms with Crippen molar-refractivity contribution in [3.8, 4) is 0 Å². The summed E-state index contributed by atoms with van der Waals surface area (Å²) in [5.74, 6) is -0.198. The third-order valence-corrected chi connectivity index (χ3v) is 5.14. The van der Waals surface area contributed by atoms with Crippen molar-refractivity contribution >= 4 is 15.9 Å². The molecule has 148 valence electrons. The largest absolute Gasteiger partial charge is 0.467 e. The zero-order valence-corrected chi connectivity index (χ0v) is 16.1. The summed E-state index contributed by atoms with van der Waals surface area (Å²) in [7, 11) is -2.12. The maximum atomic E-state index is 13.1. The summed E-state index contributed by atoms with van der Waals surface area (Å²) >= 11 is 0. The van der Waals surface area contributed by atoms with Crippen molar-refractivity contribution in [1.29, 1.82) is 0 Å². The number of carbonyl (C=O) groups is 1. The van der Waals surface area contributed by atoms with E-state index in [1.165, 1.54) is 30.4 Å². The highest BCUT2D eigenvalue weighted by Crippen LogP contribution is 2.13. The third-order valence-electron chi connectivity index (χ3n) is 3.89. The number of amides is 1. The summed E-state index contributed by atoms with van der Waals surface area (Å²) in [6.07, 6.45) is 2.55. The lowest BCUT2D eigenvalue weighted by Gasteiger charge is -2.26. The molecule has 0 bridgehead atoms. The molecule has 0 aliphatic heterocycles. The molecule has 9 heteroatoms. The van der Waals surface area contributed by atoms with Crippen molar-refractivity contribution in [1.82, 2.24) is 9.21 Å². The van der Waals surface area contributed by atoms with Crippen molar-refractivity contribution in [2.24, 2.45) is 0 Å². The molecule has 0 atom stereocenters. The zero-order chi connectivity index (χ0) is 19.9. The van der Waals surface area contributed by atoms with E-state index in [0.717, 1.165) is 16.1 Å². The number of sulfonamides is 1. The van der Waals surface area contributed by atoms with E-state index in [2.05, 4.69) is 0 Å². The third kappa shape index (κ3) is 6.78. The smallest absolute Gasteiger partial charge is 0.238 e. The fourth-order valence-electron chi connectivity index (χ4n) is 2.44. The van der Waals surface area contributed by atoms with Gasteiger partial charge in [0.05, 0.1) is 32.2 Å². The predicted molar refractivity (Wildman–Crippen MR) is 97.7 cm³/mol. The van der Waals surface area contributed by atoms with Crippen LogP contribution in [0, 0.1) is 5.82 Å². The van der Waals surface area contributed by atoms with E-state index in [-0.39, 0.29) is 38.6 Å². The van der Waals surface area contributed by atoms with E-state index < -0.39 is 15.9 Å². The van der Waals surface area contributed by atoms with Crippen LogP contribution in [0.5, 0.6) is 0 Å². The summed E-state index contributed by atoms with van der Waals surface area (Å²) < 4.78 is 48.3. The molecule has 2 rings (SSSR count). The number of hydrogen-bond acceptors (Lipinski definition) is 5. The Labute approximate surface area is 158 Å². The Morgan fingerprint density at radius 3 is 2.44 bits per heavy atom. The van der Waals surface area contributed by atoms with Gasteiger partial charge in [0.25, 0.3) is 0 Å². The van der Waals surface area contributed by atoms with Gasteiger partial charge in [0.15, 0.2) is 0 Å². The van der Waals surface area contributed by atoms with Gasteiger partial charge in [-0.1, -0.05) is 12.1 Å². The van der Waals surface area contributed by atoms with E-state index >= 15 is 0 Å². The van der Waals surface area contributed by atoms with Gasteiger partial charge in [-0.25, -0.2) is 12.8 Å². The molecule has 1 aromatic carbocycles. The summed E-state index contributed by atoms with van der Waals surface area (Å²) in [6.45, 7) is 0.305. The minimum Gasteiger partial charge on any atom is -0.467 e. The summed E-state index contributed by atoms with van der Waals surface area (Å²) in [6, 6.07) is 9.22. The SMILES string of the molecule is COCCN(CC(=O)N(Cc1ccc(F)cc1)Cc1ccco1)S(C)(=O)=O. The number of benzene rings is 1. The van der Waals surface area contributed by atoms with Crippen molar-refractivity contribution < 1.29 is 26.8 Å². The Hall–Kier alpha value is -2.23. The molecule has 7 nitrogen and oxygen atoms in total. The van der Waals surface area contributed by atoms with Gasteiger partial charge < -0.3 is 14.1 Å². The Bertz CT molecular complexity index is 822. The molecule has 0 N–H and O–H groups in total. The second kappa shape index (κ2) is 9.63. The van der Waals surface area contributed by atoms with Crippen molar-refractivity contribution in [3.63, 3.8) is 0 Å². The lowest BCUT2D eigenvalue weighted by atomic mass is 10.2. The molecule has 0 spiro atoms. The maximum Gasteiger partial charge on any atom is 0.238 e. The summed E-state index contributed by atoms with van der Waals surface area (Å²) in [4.78, 5) is 14.3. The fourth-order valence-corrected chi connectivity index (χ4v) is 3.19. The second-order valence-electron chi connectivity index (χ2n) is 6.04. The van der Waals surface area contributed by atoms with Crippen LogP contribution in [-0.4, -0.2) is 56.6 Å². The van der Waals surface area contributed by atoms with E-state index in [0.29, 0.717) is 5.76 Å². The standard InChI is InChI=1S/C18H23FN2O5S/c1-25-11-9-21(27(2,23)24)14-18(22)20(13-17-4-3-10-26-17)12-15-5-7-16(19)8-6-15/h3-8,10H,9,11-14H2,1-2H3. The van der Waals surface area contributed by atoms with E-state index in [9.17, 15) is 17.6 Å². The van der Waals surface area contributed by atoms with Crippen LogP contribution in [0.25, 0.3) is 0 Å². The Morgan fingerprint density at radius 2 is 1.89 bits per heavy atom. The number of methoxy groups -OCH3 is 1. The summed E-state index contributed by atoms with van der Waals surface area (Å²) in [5.41, 5.74) is 0.721. The van der Waals surface area contributed by atoms with Gasteiger partial charge in [0.1, 0.15) is 11.6 Å². The molecule has 0 saturated carbocycles. The molecule has 2 aromatic rings. The fraction of sp³-hybridized carbons (Fsp3) is 0.389. The average molecular weight is 398 g/mol. The first-order valence-electron chi connectivity index (χ1n) is 8.28. The number of rotatable bonds is 10. The van der Waals surface area contributed by atoms with Gasteiger partial charge in [-0.15, -0.1) is 0 Å². The normalized spacial score (nSPS) is 11.7. The first-order chi connectivity index (χ1) is 12.8. The van der Waals surface area contributed by atoms with Gasteiger partial charge in [0.2, 0.25) is 15.9 Å². The van der Waals surface area contributed by atoms with Crippen molar-refractivity contribution in [2.75, 3.05) is 33.1 Å². The predicted octanol–water partition coefficient (Wildman–Crippen LogP) is 1.86. The lowest BCUT2D eigenvalue weighted by Crippen LogP contribution is -2.43. The number of halogens is 1.